The van der Waals surface area contributed by atoms with E-state index in [4.69, 9.17) is 4.74 Å². The first kappa shape index (κ1) is 27.8. The highest BCUT2D eigenvalue weighted by atomic mass is 19.1. The molecular formula is C31H31FN6O3. The SMILES string of the molecule is CCOc1cc(C(C)N2CCc3c(cc(Cn4ccnc4C)cc3-c3cn(C)c(=O)c(F)c3C)C2=O)ncc1C#N. The van der Waals surface area contributed by atoms with Crippen molar-refractivity contribution in [3.63, 3.8) is 0 Å². The zero-order chi connectivity index (χ0) is 29.4. The topological polar surface area (TPSA) is 106 Å². The summed E-state index contributed by atoms with van der Waals surface area (Å²) in [5.74, 6) is 0.289. The van der Waals surface area contributed by atoms with Gasteiger partial charge in [0, 0.05) is 62.1 Å². The number of nitriles is 1. The van der Waals surface area contributed by atoms with E-state index in [1.165, 1.54) is 17.8 Å². The molecule has 4 heterocycles. The third-order valence-corrected chi connectivity index (χ3v) is 7.74. The Hall–Kier alpha value is -4.78. The van der Waals surface area contributed by atoms with Gasteiger partial charge in [-0.2, -0.15) is 5.26 Å². The maximum atomic E-state index is 14.9. The smallest absolute Gasteiger partial charge is 0.286 e. The van der Waals surface area contributed by atoms with E-state index in [9.17, 15) is 19.2 Å². The summed E-state index contributed by atoms with van der Waals surface area (Å²) >= 11 is 0. The van der Waals surface area contributed by atoms with Crippen molar-refractivity contribution in [3.05, 3.63) is 98.5 Å². The van der Waals surface area contributed by atoms with Gasteiger partial charge in [0.15, 0.2) is 5.82 Å². The third kappa shape index (κ3) is 4.99. The van der Waals surface area contributed by atoms with Gasteiger partial charge in [0.1, 0.15) is 23.2 Å². The van der Waals surface area contributed by atoms with Crippen LogP contribution in [0.15, 0.2) is 47.8 Å². The van der Waals surface area contributed by atoms with Crippen LogP contribution in [0, 0.1) is 31.0 Å². The van der Waals surface area contributed by atoms with E-state index >= 15 is 0 Å². The molecule has 1 aromatic carbocycles. The molecule has 0 saturated carbocycles. The summed E-state index contributed by atoms with van der Waals surface area (Å²) in [5, 5.41) is 9.42. The lowest BCUT2D eigenvalue weighted by Gasteiger charge is -2.35. The number of pyridine rings is 2. The molecule has 3 aromatic heterocycles. The van der Waals surface area contributed by atoms with Crippen LogP contribution in [-0.2, 0) is 20.0 Å². The minimum atomic E-state index is -0.802. The number of ether oxygens (including phenoxy) is 1. The van der Waals surface area contributed by atoms with Crippen LogP contribution in [0.4, 0.5) is 4.39 Å². The molecule has 0 spiro atoms. The van der Waals surface area contributed by atoms with E-state index in [-0.39, 0.29) is 17.5 Å². The van der Waals surface area contributed by atoms with Crippen molar-refractivity contribution in [1.82, 2.24) is 24.0 Å². The van der Waals surface area contributed by atoms with Gasteiger partial charge in [0.2, 0.25) is 0 Å². The summed E-state index contributed by atoms with van der Waals surface area (Å²) in [7, 11) is 1.52. The number of aromatic nitrogens is 4. The number of carbonyl (C=O) groups excluding carboxylic acids is 1. The number of fused-ring (bicyclic) bond motifs is 1. The molecule has 1 aliphatic heterocycles. The van der Waals surface area contributed by atoms with Crippen molar-refractivity contribution in [2.75, 3.05) is 13.2 Å². The van der Waals surface area contributed by atoms with E-state index in [0.717, 1.165) is 22.5 Å². The number of benzene rings is 1. The number of hydrogen-bond acceptors (Lipinski definition) is 6. The highest BCUT2D eigenvalue weighted by Crippen LogP contribution is 2.36. The zero-order valence-corrected chi connectivity index (χ0v) is 23.7. The maximum absolute atomic E-state index is 14.9. The minimum Gasteiger partial charge on any atom is -0.492 e. The molecule has 4 aromatic rings. The molecule has 10 heteroatoms. The quantitative estimate of drug-likeness (QED) is 0.334. The number of carbonyl (C=O) groups is 1. The predicted molar refractivity (Wildman–Crippen MR) is 151 cm³/mol. The van der Waals surface area contributed by atoms with Gasteiger partial charge in [-0.05, 0) is 68.5 Å². The Labute approximate surface area is 237 Å². The molecule has 1 unspecified atom stereocenters. The summed E-state index contributed by atoms with van der Waals surface area (Å²) < 4.78 is 23.8. The van der Waals surface area contributed by atoms with Crippen LogP contribution in [0.5, 0.6) is 5.75 Å². The second kappa shape index (κ2) is 11.0. The van der Waals surface area contributed by atoms with Crippen molar-refractivity contribution in [2.24, 2.45) is 7.05 Å². The van der Waals surface area contributed by atoms with Crippen LogP contribution in [0.3, 0.4) is 0 Å². The molecule has 1 aliphatic rings. The molecular weight excluding hydrogens is 523 g/mol. The van der Waals surface area contributed by atoms with Crippen molar-refractivity contribution in [2.45, 2.75) is 46.7 Å². The number of nitrogens with zero attached hydrogens (tertiary/aromatic N) is 6. The van der Waals surface area contributed by atoms with E-state index < -0.39 is 11.4 Å². The fourth-order valence-electron chi connectivity index (χ4n) is 5.40. The van der Waals surface area contributed by atoms with Gasteiger partial charge in [0.25, 0.3) is 11.5 Å². The van der Waals surface area contributed by atoms with Crippen molar-refractivity contribution < 1.29 is 13.9 Å². The highest BCUT2D eigenvalue weighted by molar-refractivity contribution is 5.99. The first-order chi connectivity index (χ1) is 19.6. The molecule has 5 rings (SSSR count). The zero-order valence-electron chi connectivity index (χ0n) is 23.7. The van der Waals surface area contributed by atoms with Gasteiger partial charge in [-0.25, -0.2) is 9.37 Å². The Morgan fingerprint density at radius 3 is 2.59 bits per heavy atom. The van der Waals surface area contributed by atoms with Crippen LogP contribution in [0.2, 0.25) is 0 Å². The van der Waals surface area contributed by atoms with E-state index in [2.05, 4.69) is 16.0 Å². The summed E-state index contributed by atoms with van der Waals surface area (Å²) in [5.41, 5.74) is 4.02. The van der Waals surface area contributed by atoms with E-state index in [1.54, 1.807) is 30.3 Å². The number of rotatable bonds is 7. The Morgan fingerprint density at radius 1 is 1.15 bits per heavy atom. The minimum absolute atomic E-state index is 0.170. The lowest BCUT2D eigenvalue weighted by atomic mass is 9.86. The van der Waals surface area contributed by atoms with Gasteiger partial charge < -0.3 is 18.8 Å². The van der Waals surface area contributed by atoms with E-state index in [1.807, 2.05) is 43.7 Å². The van der Waals surface area contributed by atoms with Gasteiger partial charge >= 0.3 is 0 Å². The molecule has 0 aliphatic carbocycles. The molecule has 1 atom stereocenters. The van der Waals surface area contributed by atoms with Gasteiger partial charge in [0.05, 0.1) is 18.3 Å². The number of aryl methyl sites for hydroxylation is 2. The maximum Gasteiger partial charge on any atom is 0.286 e. The molecule has 0 radical (unpaired) electrons. The standard InChI is InChI=1S/C31H31FN6O3/c1-6-41-28-13-27(35-15-22(28)14-33)19(3)38-9-7-23-24(26-17-36(5)31(40)29(32)18(26)2)11-21(12-25(23)30(38)39)16-37-10-8-34-20(37)4/h8,10-13,15,17,19H,6-7,9,16H2,1-5H3. The summed E-state index contributed by atoms with van der Waals surface area (Å²) in [4.78, 5) is 36.9. The first-order valence-electron chi connectivity index (χ1n) is 13.5. The Kier molecular flexibility index (Phi) is 7.45. The Balaban J connectivity index is 1.62. The molecule has 0 fully saturated rings. The largest absolute Gasteiger partial charge is 0.492 e. The van der Waals surface area contributed by atoms with Crippen molar-refractivity contribution in [3.8, 4) is 22.9 Å². The van der Waals surface area contributed by atoms with Crippen molar-refractivity contribution >= 4 is 5.91 Å². The number of hydrogen-bond donors (Lipinski definition) is 0. The molecule has 210 valence electrons. The third-order valence-electron chi connectivity index (χ3n) is 7.74. The fourth-order valence-corrected chi connectivity index (χ4v) is 5.40. The van der Waals surface area contributed by atoms with Crippen molar-refractivity contribution in [1.29, 1.82) is 5.26 Å². The first-order valence-corrected chi connectivity index (χ1v) is 13.5. The number of halogens is 1. The summed E-state index contributed by atoms with van der Waals surface area (Å²) in [6.07, 6.45) is 7.23. The van der Waals surface area contributed by atoms with Crippen LogP contribution in [0.1, 0.15) is 64.0 Å². The summed E-state index contributed by atoms with van der Waals surface area (Å²) in [6, 6.07) is 7.30. The molecule has 0 N–H and O–H groups in total. The van der Waals surface area contributed by atoms with Crippen LogP contribution in [-0.4, -0.2) is 43.1 Å². The normalized spacial score (nSPS) is 13.6. The Bertz CT molecular complexity index is 1770. The van der Waals surface area contributed by atoms with Crippen LogP contribution < -0.4 is 10.3 Å². The second-order valence-corrected chi connectivity index (χ2v) is 10.2. The van der Waals surface area contributed by atoms with E-state index in [0.29, 0.717) is 54.3 Å². The summed E-state index contributed by atoms with van der Waals surface area (Å²) in [6.45, 7) is 8.53. The van der Waals surface area contributed by atoms with Crippen LogP contribution >= 0.6 is 0 Å². The van der Waals surface area contributed by atoms with Gasteiger partial charge in [-0.1, -0.05) is 0 Å². The van der Waals surface area contributed by atoms with Crippen LogP contribution in [0.25, 0.3) is 11.1 Å². The molecule has 0 saturated heterocycles. The fraction of sp³-hybridized carbons (Fsp3) is 0.323. The molecule has 9 nitrogen and oxygen atoms in total. The predicted octanol–water partition coefficient (Wildman–Crippen LogP) is 4.48. The molecule has 41 heavy (non-hydrogen) atoms. The second-order valence-electron chi connectivity index (χ2n) is 10.2. The van der Waals surface area contributed by atoms with Gasteiger partial charge in [-0.15, -0.1) is 0 Å². The lowest BCUT2D eigenvalue weighted by molar-refractivity contribution is 0.0669. The number of amides is 1. The number of imidazole rings is 1. The lowest BCUT2D eigenvalue weighted by Crippen LogP contribution is -2.40. The average molecular weight is 555 g/mol. The average Bonchev–Trinajstić information content (AvgIpc) is 3.37. The monoisotopic (exact) mass is 554 g/mol. The van der Waals surface area contributed by atoms with Gasteiger partial charge in [-0.3, -0.25) is 14.6 Å². The Morgan fingerprint density at radius 2 is 1.90 bits per heavy atom. The molecule has 1 amide bonds. The molecule has 0 bridgehead atoms. The highest BCUT2D eigenvalue weighted by Gasteiger charge is 2.32.